The van der Waals surface area contributed by atoms with Crippen molar-refractivity contribution in [3.05, 3.63) is 27.8 Å². The highest BCUT2D eigenvalue weighted by atomic mass is 16.5. The summed E-state index contributed by atoms with van der Waals surface area (Å²) >= 11 is 0. The molecule has 0 spiro atoms. The topological polar surface area (TPSA) is 9.23 Å². The van der Waals surface area contributed by atoms with Crippen LogP contribution in [-0.4, -0.2) is 6.10 Å². The van der Waals surface area contributed by atoms with Crippen LogP contribution in [0.1, 0.15) is 54.5 Å². The van der Waals surface area contributed by atoms with Crippen LogP contribution < -0.4 is 4.74 Å². The first-order chi connectivity index (χ1) is 8.86. The van der Waals surface area contributed by atoms with Gasteiger partial charge >= 0.3 is 0 Å². The van der Waals surface area contributed by atoms with Gasteiger partial charge < -0.3 is 4.74 Å². The molecule has 0 bridgehead atoms. The molecular formula is C18H26O. The first-order valence-corrected chi connectivity index (χ1v) is 7.63. The van der Waals surface area contributed by atoms with Crippen molar-refractivity contribution in [2.45, 2.75) is 60.5 Å². The Morgan fingerprint density at radius 1 is 0.737 bits per heavy atom. The second-order valence-corrected chi connectivity index (χ2v) is 6.89. The molecule has 104 valence electrons. The van der Waals surface area contributed by atoms with Crippen LogP contribution in [0.5, 0.6) is 5.75 Å². The summed E-state index contributed by atoms with van der Waals surface area (Å²) in [6, 6.07) is 0. The second kappa shape index (κ2) is 4.01. The van der Waals surface area contributed by atoms with Gasteiger partial charge in [0.05, 0.1) is 6.10 Å². The highest BCUT2D eigenvalue weighted by Crippen LogP contribution is 2.60. The molecule has 0 amide bonds. The summed E-state index contributed by atoms with van der Waals surface area (Å²) in [5.74, 6) is 4.20. The Bertz CT molecular complexity index is 543. The van der Waals surface area contributed by atoms with Gasteiger partial charge in [0.15, 0.2) is 0 Å². The van der Waals surface area contributed by atoms with Crippen molar-refractivity contribution in [2.24, 2.45) is 17.8 Å². The molecule has 5 atom stereocenters. The van der Waals surface area contributed by atoms with Gasteiger partial charge in [-0.3, -0.25) is 0 Å². The monoisotopic (exact) mass is 258 g/mol. The third-order valence-corrected chi connectivity index (χ3v) is 6.27. The zero-order valence-electron chi connectivity index (χ0n) is 13.3. The molecule has 0 saturated heterocycles. The fraction of sp³-hybridized carbons (Fsp3) is 0.667. The zero-order chi connectivity index (χ0) is 14.1. The summed E-state index contributed by atoms with van der Waals surface area (Å²) in [6.45, 7) is 16.1. The number of hydrogen-bond donors (Lipinski definition) is 0. The first-order valence-electron chi connectivity index (χ1n) is 7.63. The van der Waals surface area contributed by atoms with Crippen molar-refractivity contribution in [3.8, 4) is 5.75 Å². The molecule has 4 unspecified atom stereocenters. The summed E-state index contributed by atoms with van der Waals surface area (Å²) in [4.78, 5) is 0. The van der Waals surface area contributed by atoms with Crippen molar-refractivity contribution < 1.29 is 4.74 Å². The van der Waals surface area contributed by atoms with Crippen molar-refractivity contribution in [2.75, 3.05) is 0 Å². The summed E-state index contributed by atoms with van der Waals surface area (Å²) < 4.78 is 6.33. The summed E-state index contributed by atoms with van der Waals surface area (Å²) in [5, 5.41) is 0. The van der Waals surface area contributed by atoms with E-state index in [2.05, 4.69) is 48.5 Å². The SMILES string of the molecule is Cc1c(C)c(C)c2c(c1C)OC(C)[C@@H]1C(C)C(C)C21. The molecule has 0 N–H and O–H groups in total. The molecule has 1 aromatic rings. The maximum Gasteiger partial charge on any atom is 0.126 e. The van der Waals surface area contributed by atoms with Gasteiger partial charge in [-0.05, 0) is 74.6 Å². The average molecular weight is 258 g/mol. The van der Waals surface area contributed by atoms with Gasteiger partial charge in [-0.15, -0.1) is 0 Å². The van der Waals surface area contributed by atoms with E-state index in [4.69, 9.17) is 4.74 Å². The van der Waals surface area contributed by atoms with E-state index < -0.39 is 0 Å². The number of hydrogen-bond acceptors (Lipinski definition) is 1. The molecule has 1 nitrogen and oxygen atoms in total. The van der Waals surface area contributed by atoms with Crippen LogP contribution in [0.15, 0.2) is 0 Å². The van der Waals surface area contributed by atoms with Gasteiger partial charge in [-0.1, -0.05) is 13.8 Å². The van der Waals surface area contributed by atoms with Crippen LogP contribution >= 0.6 is 0 Å². The molecule has 1 aliphatic heterocycles. The van der Waals surface area contributed by atoms with Crippen LogP contribution in [0.2, 0.25) is 0 Å². The molecule has 0 radical (unpaired) electrons. The Hall–Kier alpha value is -0.980. The number of ether oxygens (including phenoxy) is 1. The molecule has 2 aliphatic rings. The maximum atomic E-state index is 6.33. The minimum absolute atomic E-state index is 0.365. The Kier molecular flexibility index (Phi) is 2.75. The fourth-order valence-electron chi connectivity index (χ4n) is 4.51. The molecule has 1 heterocycles. The smallest absolute Gasteiger partial charge is 0.126 e. The lowest BCUT2D eigenvalue weighted by molar-refractivity contribution is -0.0436. The average Bonchev–Trinajstić information content (AvgIpc) is 2.40. The van der Waals surface area contributed by atoms with Crippen LogP contribution in [-0.2, 0) is 0 Å². The quantitative estimate of drug-likeness (QED) is 0.656. The van der Waals surface area contributed by atoms with Crippen molar-refractivity contribution >= 4 is 0 Å². The normalized spacial score (nSPS) is 36.1. The van der Waals surface area contributed by atoms with E-state index in [1.54, 1.807) is 0 Å². The van der Waals surface area contributed by atoms with Crippen molar-refractivity contribution in [1.29, 1.82) is 0 Å². The third kappa shape index (κ3) is 1.48. The standard InChI is InChI=1S/C18H26O/c1-8-9(2)13(6)18-17(10(8)3)16-12(5)11(4)15(16)14(7)19-18/h11-12,14-16H,1-7H3/t11?,12?,14?,15-,16?/m0/s1. The Labute approximate surface area is 117 Å². The maximum absolute atomic E-state index is 6.33. The van der Waals surface area contributed by atoms with Crippen molar-refractivity contribution in [1.82, 2.24) is 0 Å². The fourth-order valence-corrected chi connectivity index (χ4v) is 4.51. The van der Waals surface area contributed by atoms with Crippen LogP contribution in [0.4, 0.5) is 0 Å². The number of fused-ring (bicyclic) bond motifs is 3. The largest absolute Gasteiger partial charge is 0.490 e. The lowest BCUT2D eigenvalue weighted by Crippen LogP contribution is -2.52. The summed E-state index contributed by atoms with van der Waals surface area (Å²) in [5.41, 5.74) is 7.21. The molecule has 0 aromatic heterocycles. The molecule has 19 heavy (non-hydrogen) atoms. The van der Waals surface area contributed by atoms with Gasteiger partial charge in [0, 0.05) is 11.5 Å². The highest BCUT2D eigenvalue weighted by Gasteiger charge is 2.53. The first kappa shape index (κ1) is 13.0. The van der Waals surface area contributed by atoms with E-state index in [1.807, 2.05) is 0 Å². The van der Waals surface area contributed by atoms with E-state index in [0.717, 1.165) is 11.8 Å². The van der Waals surface area contributed by atoms with E-state index >= 15 is 0 Å². The van der Waals surface area contributed by atoms with Gasteiger partial charge in [0.25, 0.3) is 0 Å². The Balaban J connectivity index is 2.23. The van der Waals surface area contributed by atoms with Gasteiger partial charge in [0.1, 0.15) is 5.75 Å². The third-order valence-electron chi connectivity index (χ3n) is 6.27. The Morgan fingerprint density at radius 3 is 1.95 bits per heavy atom. The van der Waals surface area contributed by atoms with Crippen LogP contribution in [0.25, 0.3) is 0 Å². The Morgan fingerprint density at radius 2 is 1.32 bits per heavy atom. The van der Waals surface area contributed by atoms with Gasteiger partial charge in [0.2, 0.25) is 0 Å². The summed E-state index contributed by atoms with van der Waals surface area (Å²) in [7, 11) is 0. The minimum Gasteiger partial charge on any atom is -0.490 e. The van der Waals surface area contributed by atoms with Crippen molar-refractivity contribution in [3.63, 3.8) is 0 Å². The second-order valence-electron chi connectivity index (χ2n) is 6.89. The van der Waals surface area contributed by atoms with Crippen LogP contribution in [0.3, 0.4) is 0 Å². The summed E-state index contributed by atoms with van der Waals surface area (Å²) in [6.07, 6.45) is 0.365. The van der Waals surface area contributed by atoms with E-state index in [9.17, 15) is 0 Å². The molecule has 1 heteroatoms. The molecular weight excluding hydrogens is 232 g/mol. The predicted molar refractivity (Wildman–Crippen MR) is 80.0 cm³/mol. The number of rotatable bonds is 0. The van der Waals surface area contributed by atoms with E-state index in [0.29, 0.717) is 17.9 Å². The lowest BCUT2D eigenvalue weighted by atomic mass is 9.52. The molecule has 1 fully saturated rings. The van der Waals surface area contributed by atoms with Crippen LogP contribution in [0, 0.1) is 45.4 Å². The van der Waals surface area contributed by atoms with E-state index in [-0.39, 0.29) is 0 Å². The molecule has 3 rings (SSSR count). The predicted octanol–water partition coefficient (Wildman–Crippen LogP) is 4.69. The van der Waals surface area contributed by atoms with Gasteiger partial charge in [-0.2, -0.15) is 0 Å². The molecule has 1 aromatic carbocycles. The molecule has 1 aliphatic carbocycles. The lowest BCUT2D eigenvalue weighted by Gasteiger charge is -2.56. The van der Waals surface area contributed by atoms with E-state index in [1.165, 1.54) is 33.6 Å². The zero-order valence-corrected chi connectivity index (χ0v) is 13.3. The minimum atomic E-state index is 0.365. The highest BCUT2D eigenvalue weighted by molar-refractivity contribution is 5.57. The number of benzene rings is 1. The van der Waals surface area contributed by atoms with Gasteiger partial charge in [-0.25, -0.2) is 0 Å². The molecule has 1 saturated carbocycles.